The van der Waals surface area contributed by atoms with Crippen LogP contribution in [0, 0.1) is 0 Å². The number of nitrogens with one attached hydrogen (secondary N) is 2. The van der Waals surface area contributed by atoms with Crippen LogP contribution in [0.2, 0.25) is 0 Å². The van der Waals surface area contributed by atoms with Crippen molar-refractivity contribution in [3.05, 3.63) is 78.3 Å². The smallest absolute Gasteiger partial charge is 0.261 e. The van der Waals surface area contributed by atoms with Crippen LogP contribution in [0.5, 0.6) is 5.75 Å². The molecular weight excluding hydrogens is 380 g/mol. The molecule has 0 aliphatic carbocycles. The Morgan fingerprint density at radius 2 is 1.75 bits per heavy atom. The van der Waals surface area contributed by atoms with Crippen LogP contribution in [0.3, 0.4) is 0 Å². The molecule has 0 aliphatic heterocycles. The zero-order valence-corrected chi connectivity index (χ0v) is 16.0. The third-order valence-electron chi connectivity index (χ3n) is 3.85. The van der Waals surface area contributed by atoms with Crippen molar-refractivity contribution in [2.24, 2.45) is 0 Å². The number of rotatable bonds is 8. The third kappa shape index (κ3) is 4.92. The van der Waals surface area contributed by atoms with Crippen molar-refractivity contribution in [1.82, 2.24) is 5.32 Å². The Bertz CT molecular complexity index is 1010. The lowest BCUT2D eigenvalue weighted by atomic mass is 10.2. The predicted molar refractivity (Wildman–Crippen MR) is 105 cm³/mol. The van der Waals surface area contributed by atoms with Gasteiger partial charge in [-0.15, -0.1) is 0 Å². The second kappa shape index (κ2) is 8.62. The number of sulfonamides is 1. The van der Waals surface area contributed by atoms with E-state index in [1.54, 1.807) is 36.4 Å². The molecule has 3 aromatic rings. The maximum atomic E-state index is 12.5. The van der Waals surface area contributed by atoms with Gasteiger partial charge >= 0.3 is 0 Å². The summed E-state index contributed by atoms with van der Waals surface area (Å²) >= 11 is 0. The number of amides is 1. The van der Waals surface area contributed by atoms with Crippen LogP contribution in [0.4, 0.5) is 5.69 Å². The van der Waals surface area contributed by atoms with Crippen molar-refractivity contribution in [1.29, 1.82) is 0 Å². The summed E-state index contributed by atoms with van der Waals surface area (Å²) in [7, 11) is -3.77. The van der Waals surface area contributed by atoms with Gasteiger partial charge in [0.25, 0.3) is 15.9 Å². The molecule has 0 unspecified atom stereocenters. The molecule has 0 aliphatic rings. The van der Waals surface area contributed by atoms with E-state index in [2.05, 4.69) is 10.0 Å². The Labute approximate surface area is 163 Å². The van der Waals surface area contributed by atoms with Gasteiger partial charge in [-0.05, 0) is 67.6 Å². The largest absolute Gasteiger partial charge is 0.494 e. The van der Waals surface area contributed by atoms with E-state index in [-0.39, 0.29) is 17.3 Å². The van der Waals surface area contributed by atoms with E-state index in [4.69, 9.17) is 9.15 Å². The highest BCUT2D eigenvalue weighted by atomic mass is 32.2. The number of benzene rings is 2. The summed E-state index contributed by atoms with van der Waals surface area (Å²) in [6.45, 7) is 2.66. The van der Waals surface area contributed by atoms with Crippen LogP contribution in [-0.2, 0) is 16.6 Å². The number of furan rings is 1. The Morgan fingerprint density at radius 1 is 1.04 bits per heavy atom. The van der Waals surface area contributed by atoms with Crippen LogP contribution in [0.15, 0.2) is 76.2 Å². The van der Waals surface area contributed by atoms with E-state index in [0.29, 0.717) is 29.4 Å². The lowest BCUT2D eigenvalue weighted by molar-refractivity contribution is 0.0948. The average Bonchev–Trinajstić information content (AvgIpc) is 3.21. The van der Waals surface area contributed by atoms with Gasteiger partial charge in [-0.1, -0.05) is 0 Å². The molecule has 0 bridgehead atoms. The SMILES string of the molecule is CCOc1ccc(NS(=O)(=O)c2ccc(C(=O)NCc3ccco3)cc2)cc1. The van der Waals surface area contributed by atoms with Gasteiger partial charge in [0.05, 0.1) is 24.3 Å². The molecule has 1 amide bonds. The summed E-state index contributed by atoms with van der Waals surface area (Å²) in [4.78, 5) is 12.2. The lowest BCUT2D eigenvalue weighted by Crippen LogP contribution is -2.22. The van der Waals surface area contributed by atoms with Gasteiger partial charge in [0.1, 0.15) is 11.5 Å². The van der Waals surface area contributed by atoms with Crippen molar-refractivity contribution < 1.29 is 22.4 Å². The van der Waals surface area contributed by atoms with Crippen LogP contribution in [0.25, 0.3) is 0 Å². The van der Waals surface area contributed by atoms with Gasteiger partial charge in [-0.2, -0.15) is 0 Å². The predicted octanol–water partition coefficient (Wildman–Crippen LogP) is 3.41. The molecule has 1 aromatic heterocycles. The van der Waals surface area contributed by atoms with Crippen molar-refractivity contribution in [2.75, 3.05) is 11.3 Å². The average molecular weight is 400 g/mol. The molecule has 0 fully saturated rings. The molecule has 0 saturated carbocycles. The third-order valence-corrected chi connectivity index (χ3v) is 5.24. The molecule has 0 atom stereocenters. The van der Waals surface area contributed by atoms with Gasteiger partial charge in [0.2, 0.25) is 0 Å². The minimum atomic E-state index is -3.77. The molecule has 7 nitrogen and oxygen atoms in total. The van der Waals surface area contributed by atoms with Gasteiger partial charge in [-0.25, -0.2) is 8.42 Å². The van der Waals surface area contributed by atoms with Gasteiger partial charge in [-0.3, -0.25) is 9.52 Å². The first-order valence-electron chi connectivity index (χ1n) is 8.64. The Morgan fingerprint density at radius 3 is 2.36 bits per heavy atom. The molecule has 2 N–H and O–H groups in total. The maximum Gasteiger partial charge on any atom is 0.261 e. The summed E-state index contributed by atoms with van der Waals surface area (Å²) in [5, 5.41) is 2.71. The first-order chi connectivity index (χ1) is 13.5. The van der Waals surface area contributed by atoms with E-state index in [0.717, 1.165) is 0 Å². The van der Waals surface area contributed by atoms with E-state index < -0.39 is 10.0 Å². The second-order valence-corrected chi connectivity index (χ2v) is 7.53. The van der Waals surface area contributed by atoms with Crippen molar-refractivity contribution in [2.45, 2.75) is 18.4 Å². The summed E-state index contributed by atoms with van der Waals surface area (Å²) in [6.07, 6.45) is 1.53. The Balaban J connectivity index is 1.64. The first-order valence-corrected chi connectivity index (χ1v) is 10.1. The summed E-state index contributed by atoms with van der Waals surface area (Å²) in [5.41, 5.74) is 0.773. The minimum Gasteiger partial charge on any atom is -0.494 e. The number of carbonyl (C=O) groups is 1. The van der Waals surface area contributed by atoms with Crippen molar-refractivity contribution in [3.63, 3.8) is 0 Å². The van der Waals surface area contributed by atoms with E-state index in [9.17, 15) is 13.2 Å². The molecule has 0 saturated heterocycles. The number of carbonyl (C=O) groups excluding carboxylic acids is 1. The molecule has 146 valence electrons. The van der Waals surface area contributed by atoms with Gasteiger partial charge < -0.3 is 14.5 Å². The second-order valence-electron chi connectivity index (χ2n) is 5.85. The number of ether oxygens (including phenoxy) is 1. The zero-order chi connectivity index (χ0) is 20.0. The van der Waals surface area contributed by atoms with Crippen LogP contribution >= 0.6 is 0 Å². The number of hydrogen-bond acceptors (Lipinski definition) is 5. The molecule has 28 heavy (non-hydrogen) atoms. The fourth-order valence-corrected chi connectivity index (χ4v) is 3.53. The fourth-order valence-electron chi connectivity index (χ4n) is 2.47. The van der Waals surface area contributed by atoms with E-state index in [1.807, 2.05) is 6.92 Å². The monoisotopic (exact) mass is 400 g/mol. The molecule has 0 radical (unpaired) electrons. The fraction of sp³-hybridized carbons (Fsp3) is 0.150. The van der Waals surface area contributed by atoms with Crippen LogP contribution < -0.4 is 14.8 Å². The summed E-state index contributed by atoms with van der Waals surface area (Å²) < 4.78 is 38.0. The molecule has 2 aromatic carbocycles. The summed E-state index contributed by atoms with van der Waals surface area (Å²) in [6, 6.07) is 15.8. The molecule has 3 rings (SSSR count). The van der Waals surface area contributed by atoms with E-state index in [1.165, 1.54) is 30.5 Å². The zero-order valence-electron chi connectivity index (χ0n) is 15.2. The van der Waals surface area contributed by atoms with E-state index >= 15 is 0 Å². The highest BCUT2D eigenvalue weighted by Crippen LogP contribution is 2.20. The molecule has 8 heteroatoms. The van der Waals surface area contributed by atoms with Crippen LogP contribution in [-0.4, -0.2) is 20.9 Å². The lowest BCUT2D eigenvalue weighted by Gasteiger charge is -2.10. The van der Waals surface area contributed by atoms with Crippen molar-refractivity contribution >= 4 is 21.6 Å². The minimum absolute atomic E-state index is 0.0592. The first kappa shape index (κ1) is 19.5. The summed E-state index contributed by atoms with van der Waals surface area (Å²) in [5.74, 6) is 0.974. The number of anilines is 1. The van der Waals surface area contributed by atoms with Gasteiger partial charge in [0.15, 0.2) is 0 Å². The molecule has 0 spiro atoms. The Hall–Kier alpha value is -3.26. The topological polar surface area (TPSA) is 97.6 Å². The van der Waals surface area contributed by atoms with Crippen molar-refractivity contribution in [3.8, 4) is 5.75 Å². The number of hydrogen-bond donors (Lipinski definition) is 2. The highest BCUT2D eigenvalue weighted by molar-refractivity contribution is 7.92. The Kier molecular flexibility index (Phi) is 6.00. The van der Waals surface area contributed by atoms with Gasteiger partial charge in [0, 0.05) is 11.3 Å². The molecular formula is C20H20N2O5S. The molecule has 1 heterocycles. The normalized spacial score (nSPS) is 11.0. The van der Waals surface area contributed by atoms with Crippen LogP contribution in [0.1, 0.15) is 23.0 Å². The highest BCUT2D eigenvalue weighted by Gasteiger charge is 2.15. The standard InChI is InChI=1S/C20H20N2O5S/c1-2-26-17-9-7-16(8-10-17)22-28(24,25)19-11-5-15(6-12-19)20(23)21-14-18-4-3-13-27-18/h3-13,22H,2,14H2,1H3,(H,21,23). The maximum absolute atomic E-state index is 12.5. The quantitative estimate of drug-likeness (QED) is 0.604.